The van der Waals surface area contributed by atoms with Crippen molar-refractivity contribution in [3.05, 3.63) is 29.6 Å². The molecule has 0 aromatic heterocycles. The van der Waals surface area contributed by atoms with Crippen molar-refractivity contribution in [1.29, 1.82) is 0 Å². The fraction of sp³-hybridized carbons (Fsp3) is 0.500. The molecule has 2 heterocycles. The maximum absolute atomic E-state index is 14.1. The molecular weight excluding hydrogens is 245 g/mol. The van der Waals surface area contributed by atoms with Gasteiger partial charge in [0.2, 0.25) is 5.91 Å². The molecule has 1 amide bonds. The van der Waals surface area contributed by atoms with Gasteiger partial charge >= 0.3 is 0 Å². The first-order valence-electron chi connectivity index (χ1n) is 6.72. The normalized spacial score (nSPS) is 22.8. The third-order valence-electron chi connectivity index (χ3n) is 4.10. The van der Waals surface area contributed by atoms with E-state index in [9.17, 15) is 9.18 Å². The quantitative estimate of drug-likeness (QED) is 0.869. The molecule has 19 heavy (non-hydrogen) atoms. The average molecular weight is 263 g/mol. The zero-order valence-electron chi connectivity index (χ0n) is 10.8. The van der Waals surface area contributed by atoms with Gasteiger partial charge in [-0.2, -0.15) is 0 Å². The Morgan fingerprint density at radius 1 is 1.37 bits per heavy atom. The van der Waals surface area contributed by atoms with Crippen molar-refractivity contribution in [1.82, 2.24) is 4.90 Å². The molecule has 0 aliphatic carbocycles. The van der Waals surface area contributed by atoms with E-state index in [2.05, 4.69) is 0 Å². The Kier molecular flexibility index (Phi) is 3.14. The van der Waals surface area contributed by atoms with Crippen LogP contribution in [0.1, 0.15) is 18.4 Å². The predicted molar refractivity (Wildman–Crippen MR) is 71.2 cm³/mol. The third-order valence-corrected chi connectivity index (χ3v) is 4.10. The van der Waals surface area contributed by atoms with Crippen molar-refractivity contribution in [2.45, 2.75) is 25.4 Å². The molecule has 1 aromatic carbocycles. The first kappa shape index (κ1) is 12.4. The predicted octanol–water partition coefficient (Wildman–Crippen LogP) is 1.10. The molecule has 1 aromatic rings. The van der Waals surface area contributed by atoms with Gasteiger partial charge in [-0.15, -0.1) is 0 Å². The highest BCUT2D eigenvalue weighted by Crippen LogP contribution is 2.30. The number of hydrogen-bond acceptors (Lipinski definition) is 3. The van der Waals surface area contributed by atoms with Crippen molar-refractivity contribution in [3.8, 4) is 0 Å². The lowest BCUT2D eigenvalue weighted by atomic mass is 10.1. The molecule has 2 saturated heterocycles. The largest absolute Gasteiger partial charge is 0.365 e. The molecule has 0 radical (unpaired) electrons. The number of piperazine rings is 1. The summed E-state index contributed by atoms with van der Waals surface area (Å²) in [4.78, 5) is 15.6. The Hall–Kier alpha value is -1.62. The second kappa shape index (κ2) is 4.81. The lowest BCUT2D eigenvalue weighted by molar-refractivity contribution is -0.129. The number of amides is 1. The minimum atomic E-state index is -0.222. The highest BCUT2D eigenvalue weighted by Gasteiger charge is 2.36. The summed E-state index contributed by atoms with van der Waals surface area (Å²) in [7, 11) is 0. The Morgan fingerprint density at radius 3 is 3.00 bits per heavy atom. The molecule has 2 N–H and O–H groups in total. The number of hydrogen-bond donors (Lipinski definition) is 1. The lowest BCUT2D eigenvalue weighted by Crippen LogP contribution is -2.52. The van der Waals surface area contributed by atoms with Gasteiger partial charge < -0.3 is 15.5 Å². The maximum Gasteiger partial charge on any atom is 0.223 e. The van der Waals surface area contributed by atoms with E-state index in [1.54, 1.807) is 6.07 Å². The Labute approximate surface area is 112 Å². The number of carbonyl (C=O) groups excluding carboxylic acids is 1. The summed E-state index contributed by atoms with van der Waals surface area (Å²) < 4.78 is 14.1. The molecule has 0 bridgehead atoms. The summed E-state index contributed by atoms with van der Waals surface area (Å²) in [5, 5.41) is 0. The molecule has 0 spiro atoms. The fourth-order valence-electron chi connectivity index (χ4n) is 3.15. The summed E-state index contributed by atoms with van der Waals surface area (Å²) in [6, 6.07) is 5.26. The zero-order chi connectivity index (χ0) is 13.4. The number of benzene rings is 1. The average Bonchev–Trinajstić information content (AvgIpc) is 2.79. The summed E-state index contributed by atoms with van der Waals surface area (Å²) >= 11 is 0. The van der Waals surface area contributed by atoms with Crippen LogP contribution in [0.2, 0.25) is 0 Å². The van der Waals surface area contributed by atoms with Crippen LogP contribution in [0, 0.1) is 5.82 Å². The van der Waals surface area contributed by atoms with Crippen LogP contribution in [0.25, 0.3) is 0 Å². The van der Waals surface area contributed by atoms with Crippen LogP contribution in [0.15, 0.2) is 18.2 Å². The number of halogens is 1. The van der Waals surface area contributed by atoms with Crippen LogP contribution in [-0.2, 0) is 11.3 Å². The summed E-state index contributed by atoms with van der Waals surface area (Å²) in [6.45, 7) is 2.40. The molecule has 102 valence electrons. The van der Waals surface area contributed by atoms with Crippen LogP contribution in [-0.4, -0.2) is 36.5 Å². The fourth-order valence-corrected chi connectivity index (χ4v) is 3.15. The van der Waals surface area contributed by atoms with E-state index < -0.39 is 0 Å². The number of rotatable bonds is 2. The van der Waals surface area contributed by atoms with Crippen molar-refractivity contribution in [2.24, 2.45) is 5.73 Å². The van der Waals surface area contributed by atoms with Crippen LogP contribution in [0.5, 0.6) is 0 Å². The Balaban J connectivity index is 1.86. The standard InChI is InChI=1S/C14H18FN3O/c15-12-3-1-2-10(8-16)14(12)17-6-7-18-11(9-17)4-5-13(18)19/h1-3,11H,4-9,16H2. The molecule has 2 aliphatic heterocycles. The number of para-hydroxylation sites is 1. The molecule has 2 fully saturated rings. The highest BCUT2D eigenvalue weighted by atomic mass is 19.1. The molecule has 3 rings (SSSR count). The van der Waals surface area contributed by atoms with E-state index in [0.717, 1.165) is 12.0 Å². The van der Waals surface area contributed by atoms with Gasteiger partial charge in [0, 0.05) is 38.6 Å². The number of anilines is 1. The van der Waals surface area contributed by atoms with Crippen LogP contribution >= 0.6 is 0 Å². The van der Waals surface area contributed by atoms with Gasteiger partial charge in [0.1, 0.15) is 5.82 Å². The minimum absolute atomic E-state index is 0.222. The first-order valence-corrected chi connectivity index (χ1v) is 6.72. The first-order chi connectivity index (χ1) is 9.20. The number of fused-ring (bicyclic) bond motifs is 1. The van der Waals surface area contributed by atoms with Crippen molar-refractivity contribution in [2.75, 3.05) is 24.5 Å². The lowest BCUT2D eigenvalue weighted by Gasteiger charge is -2.39. The Bertz CT molecular complexity index is 505. The molecule has 2 aliphatic rings. The van der Waals surface area contributed by atoms with Crippen molar-refractivity contribution < 1.29 is 9.18 Å². The van der Waals surface area contributed by atoms with Gasteiger partial charge in [-0.25, -0.2) is 4.39 Å². The van der Waals surface area contributed by atoms with Gasteiger partial charge in [-0.3, -0.25) is 4.79 Å². The third kappa shape index (κ3) is 2.08. The van der Waals surface area contributed by atoms with Gasteiger partial charge in [0.15, 0.2) is 0 Å². The van der Waals surface area contributed by atoms with E-state index in [1.807, 2.05) is 15.9 Å². The zero-order valence-corrected chi connectivity index (χ0v) is 10.8. The molecule has 4 nitrogen and oxygen atoms in total. The SMILES string of the molecule is NCc1cccc(F)c1N1CCN2C(=O)CCC2C1. The highest BCUT2D eigenvalue weighted by molar-refractivity contribution is 5.79. The van der Waals surface area contributed by atoms with Crippen LogP contribution in [0.4, 0.5) is 10.1 Å². The topological polar surface area (TPSA) is 49.6 Å². The van der Waals surface area contributed by atoms with E-state index in [4.69, 9.17) is 5.73 Å². The number of nitrogens with two attached hydrogens (primary N) is 1. The summed E-state index contributed by atoms with van der Waals surface area (Å²) in [6.07, 6.45) is 1.50. The smallest absolute Gasteiger partial charge is 0.223 e. The van der Waals surface area contributed by atoms with Crippen molar-refractivity contribution in [3.63, 3.8) is 0 Å². The number of nitrogens with zero attached hydrogens (tertiary/aromatic N) is 2. The van der Waals surface area contributed by atoms with Gasteiger partial charge in [0.25, 0.3) is 0 Å². The second-order valence-electron chi connectivity index (χ2n) is 5.18. The van der Waals surface area contributed by atoms with E-state index in [-0.39, 0.29) is 17.8 Å². The van der Waals surface area contributed by atoms with E-state index >= 15 is 0 Å². The second-order valence-corrected chi connectivity index (χ2v) is 5.18. The maximum atomic E-state index is 14.1. The van der Waals surface area contributed by atoms with E-state index in [0.29, 0.717) is 38.3 Å². The van der Waals surface area contributed by atoms with Crippen LogP contribution < -0.4 is 10.6 Å². The Morgan fingerprint density at radius 2 is 2.21 bits per heavy atom. The monoisotopic (exact) mass is 263 g/mol. The molecule has 1 unspecified atom stereocenters. The van der Waals surface area contributed by atoms with Gasteiger partial charge in [-0.05, 0) is 18.1 Å². The molecule has 5 heteroatoms. The van der Waals surface area contributed by atoms with Crippen molar-refractivity contribution >= 4 is 11.6 Å². The molecule has 1 atom stereocenters. The van der Waals surface area contributed by atoms with E-state index in [1.165, 1.54) is 6.07 Å². The van der Waals surface area contributed by atoms with Gasteiger partial charge in [-0.1, -0.05) is 12.1 Å². The number of carbonyl (C=O) groups is 1. The summed E-state index contributed by atoms with van der Waals surface area (Å²) in [5.74, 6) is 0.0120. The van der Waals surface area contributed by atoms with Crippen LogP contribution in [0.3, 0.4) is 0 Å². The molecule has 0 saturated carbocycles. The minimum Gasteiger partial charge on any atom is -0.365 e. The molecular formula is C14H18FN3O. The van der Waals surface area contributed by atoms with Gasteiger partial charge in [0.05, 0.1) is 5.69 Å². The summed E-state index contributed by atoms with van der Waals surface area (Å²) in [5.41, 5.74) is 7.14.